The van der Waals surface area contributed by atoms with Gasteiger partial charge < -0.3 is 24.4 Å². The average molecular weight is 501 g/mol. The van der Waals surface area contributed by atoms with Crippen molar-refractivity contribution in [1.29, 1.82) is 0 Å². The molecule has 4 heterocycles. The number of amides is 2. The number of nitrogens with zero attached hydrogens (tertiary/aromatic N) is 3. The molecule has 11 heteroatoms. The largest absolute Gasteiger partial charge is 0.481 e. The molecule has 3 saturated heterocycles. The number of fused-ring (bicyclic) bond motifs is 1. The van der Waals surface area contributed by atoms with Gasteiger partial charge in [0.25, 0.3) is 0 Å². The summed E-state index contributed by atoms with van der Waals surface area (Å²) in [5.41, 5.74) is 0.839. The predicted molar refractivity (Wildman–Crippen MR) is 130 cm³/mol. The topological polar surface area (TPSA) is 145 Å². The molecule has 194 valence electrons. The quantitative estimate of drug-likeness (QED) is 0.496. The molecule has 2 amide bonds. The Kier molecular flexibility index (Phi) is 6.60. The molecule has 3 fully saturated rings. The number of carboxylic acid groups (broad SMARTS) is 1. The van der Waals surface area contributed by atoms with E-state index >= 15 is 0 Å². The van der Waals surface area contributed by atoms with Crippen LogP contribution >= 0.6 is 0 Å². The second-order valence-corrected chi connectivity index (χ2v) is 10.4. The van der Waals surface area contributed by atoms with Crippen LogP contribution in [0.2, 0.25) is 0 Å². The number of carbonyl (C=O) groups excluding carboxylic acids is 2. The van der Waals surface area contributed by atoms with Crippen molar-refractivity contribution in [3.05, 3.63) is 28.7 Å². The Balaban J connectivity index is 1.18. The van der Waals surface area contributed by atoms with Crippen molar-refractivity contribution >= 4 is 34.6 Å². The number of likely N-dealkylation sites (tertiary alicyclic amines) is 1. The molecule has 0 saturated carbocycles. The Morgan fingerprint density at radius 2 is 1.81 bits per heavy atom. The Hall–Kier alpha value is -3.18. The van der Waals surface area contributed by atoms with E-state index < -0.39 is 29.3 Å². The van der Waals surface area contributed by atoms with Crippen LogP contribution in [-0.4, -0.2) is 75.8 Å². The third-order valence-corrected chi connectivity index (χ3v) is 7.88. The van der Waals surface area contributed by atoms with Gasteiger partial charge in [-0.25, -0.2) is 4.79 Å². The van der Waals surface area contributed by atoms with E-state index in [-0.39, 0.29) is 25.2 Å². The first kappa shape index (κ1) is 24.5. The maximum Gasteiger partial charge on any atom is 0.420 e. The SMILES string of the molecule is O=C(O)CC1(O)CCN(CC2CCN(c3ccc4c(c3)oc(=O)n4C3CCC(=O)NC3=O)CC2)CC1. The first-order valence-electron chi connectivity index (χ1n) is 12.6. The number of carboxylic acids is 1. The summed E-state index contributed by atoms with van der Waals surface area (Å²) >= 11 is 0. The molecular formula is C25H32N4O7. The maximum absolute atomic E-state index is 12.5. The number of hydrogen-bond donors (Lipinski definition) is 3. The van der Waals surface area contributed by atoms with Crippen LogP contribution in [0.4, 0.5) is 5.69 Å². The van der Waals surface area contributed by atoms with Gasteiger partial charge in [0.15, 0.2) is 5.58 Å². The Morgan fingerprint density at radius 1 is 1.08 bits per heavy atom. The zero-order valence-corrected chi connectivity index (χ0v) is 20.1. The number of hydrogen-bond acceptors (Lipinski definition) is 8. The zero-order chi connectivity index (χ0) is 25.4. The molecule has 3 aliphatic heterocycles. The molecule has 0 bridgehead atoms. The van der Waals surface area contributed by atoms with Crippen LogP contribution < -0.4 is 16.0 Å². The summed E-state index contributed by atoms with van der Waals surface area (Å²) in [6, 6.07) is 4.83. The maximum atomic E-state index is 12.5. The van der Waals surface area contributed by atoms with Gasteiger partial charge in [0, 0.05) is 50.9 Å². The van der Waals surface area contributed by atoms with Crippen LogP contribution in [0.15, 0.2) is 27.4 Å². The fourth-order valence-electron chi connectivity index (χ4n) is 5.79. The number of piperidine rings is 3. The first-order chi connectivity index (χ1) is 17.2. The summed E-state index contributed by atoms with van der Waals surface area (Å²) in [5, 5.41) is 21.7. The van der Waals surface area contributed by atoms with E-state index in [0.717, 1.165) is 38.2 Å². The fraction of sp³-hybridized carbons (Fsp3) is 0.600. The van der Waals surface area contributed by atoms with E-state index in [4.69, 9.17) is 9.52 Å². The van der Waals surface area contributed by atoms with Gasteiger partial charge in [0.05, 0.1) is 17.5 Å². The molecule has 1 unspecified atom stereocenters. The van der Waals surface area contributed by atoms with Crippen molar-refractivity contribution in [3.63, 3.8) is 0 Å². The first-order valence-corrected chi connectivity index (χ1v) is 12.6. The molecule has 0 radical (unpaired) electrons. The summed E-state index contributed by atoms with van der Waals surface area (Å²) in [5.74, 6) is -1.84. The Bertz CT molecular complexity index is 1220. The molecular weight excluding hydrogens is 468 g/mol. The number of nitrogens with one attached hydrogen (secondary N) is 1. The molecule has 1 atom stereocenters. The van der Waals surface area contributed by atoms with E-state index in [9.17, 15) is 24.3 Å². The monoisotopic (exact) mass is 500 g/mol. The molecule has 1 aromatic heterocycles. The lowest BCUT2D eigenvalue weighted by atomic mass is 9.87. The van der Waals surface area contributed by atoms with Gasteiger partial charge >= 0.3 is 11.7 Å². The normalized spacial score (nSPS) is 23.7. The summed E-state index contributed by atoms with van der Waals surface area (Å²) in [7, 11) is 0. The lowest BCUT2D eigenvalue weighted by Gasteiger charge is -2.40. The number of imide groups is 1. The van der Waals surface area contributed by atoms with Crippen molar-refractivity contribution in [1.82, 2.24) is 14.8 Å². The van der Waals surface area contributed by atoms with E-state index in [1.165, 1.54) is 4.57 Å². The molecule has 0 aliphatic carbocycles. The minimum Gasteiger partial charge on any atom is -0.481 e. The van der Waals surface area contributed by atoms with Crippen molar-refractivity contribution < 1.29 is 29.0 Å². The number of anilines is 1. The Morgan fingerprint density at radius 3 is 2.47 bits per heavy atom. The highest BCUT2D eigenvalue weighted by atomic mass is 16.4. The van der Waals surface area contributed by atoms with E-state index in [0.29, 0.717) is 42.9 Å². The van der Waals surface area contributed by atoms with Gasteiger partial charge in [-0.3, -0.25) is 24.3 Å². The lowest BCUT2D eigenvalue weighted by Crippen LogP contribution is -2.47. The molecule has 0 spiro atoms. The zero-order valence-electron chi connectivity index (χ0n) is 20.1. The highest BCUT2D eigenvalue weighted by molar-refractivity contribution is 6.00. The van der Waals surface area contributed by atoms with Gasteiger partial charge in [-0.2, -0.15) is 0 Å². The second kappa shape index (κ2) is 9.70. The van der Waals surface area contributed by atoms with Crippen LogP contribution in [-0.2, 0) is 14.4 Å². The number of rotatable bonds is 6. The molecule has 3 aliphatic rings. The smallest absolute Gasteiger partial charge is 0.420 e. The summed E-state index contributed by atoms with van der Waals surface area (Å²) in [6.07, 6.45) is 3.25. The Labute approximate surface area is 207 Å². The minimum absolute atomic E-state index is 0.184. The van der Waals surface area contributed by atoms with Crippen LogP contribution in [0, 0.1) is 5.92 Å². The number of benzene rings is 1. The second-order valence-electron chi connectivity index (χ2n) is 10.4. The highest BCUT2D eigenvalue weighted by Crippen LogP contribution is 2.31. The predicted octanol–water partition coefficient (Wildman–Crippen LogP) is 1.09. The van der Waals surface area contributed by atoms with Gasteiger partial charge in [-0.05, 0) is 50.2 Å². The van der Waals surface area contributed by atoms with Crippen molar-refractivity contribution in [2.45, 2.75) is 56.6 Å². The minimum atomic E-state index is -1.09. The lowest BCUT2D eigenvalue weighted by molar-refractivity contribution is -0.144. The third-order valence-electron chi connectivity index (χ3n) is 7.88. The highest BCUT2D eigenvalue weighted by Gasteiger charge is 2.35. The van der Waals surface area contributed by atoms with Crippen molar-refractivity contribution in [2.75, 3.05) is 37.6 Å². The van der Waals surface area contributed by atoms with Crippen molar-refractivity contribution in [2.24, 2.45) is 5.92 Å². The van der Waals surface area contributed by atoms with E-state index in [1.54, 1.807) is 6.07 Å². The molecule has 11 nitrogen and oxygen atoms in total. The van der Waals surface area contributed by atoms with Crippen LogP contribution in [0.25, 0.3) is 11.1 Å². The van der Waals surface area contributed by atoms with Crippen LogP contribution in [0.3, 0.4) is 0 Å². The number of oxazole rings is 1. The van der Waals surface area contributed by atoms with Gasteiger partial charge in [-0.1, -0.05) is 0 Å². The van der Waals surface area contributed by atoms with Crippen LogP contribution in [0.5, 0.6) is 0 Å². The number of aromatic nitrogens is 1. The molecule has 2 aromatic rings. The summed E-state index contributed by atoms with van der Waals surface area (Å²) < 4.78 is 6.81. The van der Waals surface area contributed by atoms with Gasteiger partial charge in [0.2, 0.25) is 11.8 Å². The third kappa shape index (κ3) is 5.03. The molecule has 3 N–H and O–H groups in total. The molecule has 36 heavy (non-hydrogen) atoms. The fourth-order valence-corrected chi connectivity index (χ4v) is 5.79. The average Bonchev–Trinajstić information content (AvgIpc) is 3.15. The number of aliphatic carboxylic acids is 1. The summed E-state index contributed by atoms with van der Waals surface area (Å²) in [6.45, 7) is 4.10. The van der Waals surface area contributed by atoms with E-state index in [1.807, 2.05) is 12.1 Å². The standard InChI is InChI=1S/C25H32N4O7/c30-21-4-3-19(23(33)26-21)29-18-2-1-17(13-20(18)36-24(29)34)28-9-5-16(6-10-28)15-27-11-7-25(35,8-12-27)14-22(31)32/h1-2,13,16,19,35H,3-12,14-15H2,(H,31,32)(H,26,30,33). The van der Waals surface area contributed by atoms with Crippen LogP contribution in [0.1, 0.15) is 51.0 Å². The van der Waals surface area contributed by atoms with Crippen molar-refractivity contribution in [3.8, 4) is 0 Å². The molecule has 5 rings (SSSR count). The van der Waals surface area contributed by atoms with Gasteiger partial charge in [0.1, 0.15) is 6.04 Å². The summed E-state index contributed by atoms with van der Waals surface area (Å²) in [4.78, 5) is 51.9. The van der Waals surface area contributed by atoms with Gasteiger partial charge in [-0.15, -0.1) is 0 Å². The molecule has 1 aromatic carbocycles. The number of aliphatic hydroxyl groups is 1. The van der Waals surface area contributed by atoms with E-state index in [2.05, 4.69) is 15.1 Å². The number of carbonyl (C=O) groups is 3.